The first-order valence-electron chi connectivity index (χ1n) is 5.76. The first-order chi connectivity index (χ1) is 7.71. The minimum absolute atomic E-state index is 0.264. The Morgan fingerprint density at radius 3 is 3.00 bits per heavy atom. The molecule has 1 aromatic carbocycles. The van der Waals surface area contributed by atoms with Crippen molar-refractivity contribution >= 4 is 6.09 Å². The van der Waals surface area contributed by atoms with Crippen LogP contribution in [-0.4, -0.2) is 12.7 Å². The second-order valence-electron chi connectivity index (χ2n) is 4.81. The Balaban J connectivity index is 2.11. The summed E-state index contributed by atoms with van der Waals surface area (Å²) in [5.74, 6) is 0.569. The van der Waals surface area contributed by atoms with E-state index in [-0.39, 0.29) is 11.6 Å². The van der Waals surface area contributed by atoms with Gasteiger partial charge in [-0.25, -0.2) is 4.79 Å². The maximum Gasteiger partial charge on any atom is 0.408 e. The van der Waals surface area contributed by atoms with Crippen LogP contribution in [0, 0.1) is 0 Å². The first-order valence-corrected chi connectivity index (χ1v) is 5.76. The second-order valence-corrected chi connectivity index (χ2v) is 4.81. The van der Waals surface area contributed by atoms with E-state index < -0.39 is 0 Å². The molecule has 0 saturated carbocycles. The number of rotatable bonds is 0. The molecule has 2 aliphatic rings. The van der Waals surface area contributed by atoms with Crippen LogP contribution in [0.4, 0.5) is 4.79 Å². The minimum atomic E-state index is -0.288. The van der Waals surface area contributed by atoms with E-state index in [1.165, 1.54) is 11.1 Å². The summed E-state index contributed by atoms with van der Waals surface area (Å²) < 4.78 is 5.09. The number of carbonyl (C=O) groups excluding carboxylic acids is 1. The molecule has 0 radical (unpaired) electrons. The van der Waals surface area contributed by atoms with Gasteiger partial charge in [-0.2, -0.15) is 0 Å². The number of amides is 1. The third-order valence-electron chi connectivity index (χ3n) is 3.80. The monoisotopic (exact) mass is 217 g/mol. The minimum Gasteiger partial charge on any atom is -0.447 e. The van der Waals surface area contributed by atoms with Crippen LogP contribution in [0.15, 0.2) is 24.3 Å². The molecule has 0 bridgehead atoms. The summed E-state index contributed by atoms with van der Waals surface area (Å²) in [4.78, 5) is 11.3. The van der Waals surface area contributed by atoms with Crippen molar-refractivity contribution in [1.82, 2.24) is 5.32 Å². The van der Waals surface area contributed by atoms with Crippen LogP contribution in [-0.2, 0) is 10.3 Å². The van der Waals surface area contributed by atoms with Gasteiger partial charge in [0.15, 0.2) is 0 Å². The van der Waals surface area contributed by atoms with Gasteiger partial charge in [-0.05, 0) is 29.9 Å². The maximum absolute atomic E-state index is 11.3. The highest BCUT2D eigenvalue weighted by molar-refractivity contribution is 5.71. The Labute approximate surface area is 94.8 Å². The zero-order valence-electron chi connectivity index (χ0n) is 9.32. The molecule has 84 valence electrons. The zero-order chi connectivity index (χ0) is 11.2. The lowest BCUT2D eigenvalue weighted by atomic mass is 9.73. The van der Waals surface area contributed by atoms with Crippen LogP contribution in [0.5, 0.6) is 0 Å². The van der Waals surface area contributed by atoms with Crippen molar-refractivity contribution < 1.29 is 9.53 Å². The maximum atomic E-state index is 11.3. The Hall–Kier alpha value is -1.51. The van der Waals surface area contributed by atoms with E-state index in [4.69, 9.17) is 4.74 Å². The lowest BCUT2D eigenvalue weighted by Crippen LogP contribution is -2.43. The van der Waals surface area contributed by atoms with E-state index >= 15 is 0 Å². The SMILES string of the molecule is CC1CCC2(COC(=O)N2)c2ccccc21. The quantitative estimate of drug-likeness (QED) is 0.725. The highest BCUT2D eigenvalue weighted by atomic mass is 16.6. The van der Waals surface area contributed by atoms with Crippen LogP contribution in [0.25, 0.3) is 0 Å². The van der Waals surface area contributed by atoms with Crippen LogP contribution in [0.2, 0.25) is 0 Å². The number of hydrogen-bond acceptors (Lipinski definition) is 2. The van der Waals surface area contributed by atoms with Crippen molar-refractivity contribution in [1.29, 1.82) is 0 Å². The van der Waals surface area contributed by atoms with Gasteiger partial charge in [-0.1, -0.05) is 31.2 Å². The average molecular weight is 217 g/mol. The summed E-state index contributed by atoms with van der Waals surface area (Å²) >= 11 is 0. The lowest BCUT2D eigenvalue weighted by molar-refractivity contribution is 0.169. The fourth-order valence-corrected chi connectivity index (χ4v) is 2.85. The van der Waals surface area contributed by atoms with Crippen molar-refractivity contribution in [2.45, 2.75) is 31.2 Å². The van der Waals surface area contributed by atoms with E-state index in [2.05, 4.69) is 30.4 Å². The molecule has 1 N–H and O–H groups in total. The van der Waals surface area contributed by atoms with Gasteiger partial charge in [0.25, 0.3) is 0 Å². The number of benzene rings is 1. The first kappa shape index (κ1) is 9.70. The van der Waals surface area contributed by atoms with Crippen LogP contribution >= 0.6 is 0 Å². The molecule has 2 atom stereocenters. The summed E-state index contributed by atoms with van der Waals surface area (Å²) in [6.07, 6.45) is 1.78. The second kappa shape index (κ2) is 3.24. The van der Waals surface area contributed by atoms with Crippen molar-refractivity contribution in [2.24, 2.45) is 0 Å². The highest BCUT2D eigenvalue weighted by Crippen LogP contribution is 2.42. The summed E-state index contributed by atoms with van der Waals surface area (Å²) in [5, 5.41) is 2.98. The molecule has 1 aromatic rings. The Morgan fingerprint density at radius 1 is 1.44 bits per heavy atom. The van der Waals surface area contributed by atoms with E-state index in [0.717, 1.165) is 12.8 Å². The van der Waals surface area contributed by atoms with Gasteiger partial charge in [0.2, 0.25) is 0 Å². The largest absolute Gasteiger partial charge is 0.447 e. The van der Waals surface area contributed by atoms with Crippen molar-refractivity contribution in [3.63, 3.8) is 0 Å². The predicted octanol–water partition coefficient (Wildman–Crippen LogP) is 2.52. The summed E-state index contributed by atoms with van der Waals surface area (Å²) in [5.41, 5.74) is 2.32. The van der Waals surface area contributed by atoms with Gasteiger partial charge < -0.3 is 10.1 Å². The summed E-state index contributed by atoms with van der Waals surface area (Å²) in [6, 6.07) is 8.36. The topological polar surface area (TPSA) is 38.3 Å². The fourth-order valence-electron chi connectivity index (χ4n) is 2.85. The zero-order valence-corrected chi connectivity index (χ0v) is 9.32. The number of cyclic esters (lactones) is 1. The van der Waals surface area contributed by atoms with Crippen molar-refractivity contribution in [3.8, 4) is 0 Å². The van der Waals surface area contributed by atoms with Gasteiger partial charge in [0, 0.05) is 0 Å². The van der Waals surface area contributed by atoms with E-state index in [1.807, 2.05) is 6.07 Å². The molecule has 3 nitrogen and oxygen atoms in total. The predicted molar refractivity (Wildman–Crippen MR) is 60.3 cm³/mol. The molecule has 1 amide bonds. The molecular formula is C13H15NO2. The third kappa shape index (κ3) is 1.24. The number of ether oxygens (including phenoxy) is 1. The molecule has 1 spiro atoms. The Morgan fingerprint density at radius 2 is 2.25 bits per heavy atom. The number of alkyl carbamates (subject to hydrolysis) is 1. The van der Waals surface area contributed by atoms with E-state index in [9.17, 15) is 4.79 Å². The highest BCUT2D eigenvalue weighted by Gasteiger charge is 2.45. The number of hydrogen-bond donors (Lipinski definition) is 1. The van der Waals surface area contributed by atoms with E-state index in [1.54, 1.807) is 0 Å². The summed E-state index contributed by atoms with van der Waals surface area (Å²) in [6.45, 7) is 2.71. The molecule has 16 heavy (non-hydrogen) atoms. The van der Waals surface area contributed by atoms with Crippen molar-refractivity contribution in [2.75, 3.05) is 6.61 Å². The van der Waals surface area contributed by atoms with Gasteiger partial charge in [0.1, 0.15) is 12.1 Å². The van der Waals surface area contributed by atoms with Gasteiger partial charge in [0.05, 0.1) is 0 Å². The normalized spacial score (nSPS) is 32.1. The van der Waals surface area contributed by atoms with Crippen LogP contribution in [0.3, 0.4) is 0 Å². The Kier molecular flexibility index (Phi) is 1.96. The smallest absolute Gasteiger partial charge is 0.408 e. The lowest BCUT2D eigenvalue weighted by Gasteiger charge is -2.36. The molecule has 0 aromatic heterocycles. The molecule has 1 heterocycles. The molecule has 1 saturated heterocycles. The van der Waals surface area contributed by atoms with Crippen LogP contribution in [0.1, 0.15) is 36.8 Å². The van der Waals surface area contributed by atoms with Gasteiger partial charge in [-0.15, -0.1) is 0 Å². The summed E-state index contributed by atoms with van der Waals surface area (Å²) in [7, 11) is 0. The third-order valence-corrected chi connectivity index (χ3v) is 3.80. The number of nitrogens with one attached hydrogen (secondary N) is 1. The number of fused-ring (bicyclic) bond motifs is 2. The molecule has 2 unspecified atom stereocenters. The Bertz CT molecular complexity index is 443. The van der Waals surface area contributed by atoms with Crippen LogP contribution < -0.4 is 5.32 Å². The molecule has 3 heteroatoms. The molecule has 1 fully saturated rings. The van der Waals surface area contributed by atoms with Crippen molar-refractivity contribution in [3.05, 3.63) is 35.4 Å². The average Bonchev–Trinajstić information content (AvgIpc) is 2.68. The van der Waals surface area contributed by atoms with Gasteiger partial charge >= 0.3 is 6.09 Å². The molecule has 1 aliphatic carbocycles. The standard InChI is InChI=1S/C13H15NO2/c1-9-6-7-13(8-16-12(15)14-13)11-5-3-2-4-10(9)11/h2-5,9H,6-8H2,1H3,(H,14,15). The van der Waals surface area contributed by atoms with Gasteiger partial charge in [-0.3, -0.25) is 0 Å². The fraction of sp³-hybridized carbons (Fsp3) is 0.462. The number of carbonyl (C=O) groups is 1. The van der Waals surface area contributed by atoms with E-state index in [0.29, 0.717) is 12.5 Å². The molecule has 1 aliphatic heterocycles. The molecule has 3 rings (SSSR count). The molecular weight excluding hydrogens is 202 g/mol.